The Morgan fingerprint density at radius 1 is 1.00 bits per heavy atom. The molecule has 0 radical (unpaired) electrons. The van der Waals surface area contributed by atoms with Crippen molar-refractivity contribution in [1.82, 2.24) is 5.32 Å². The molecule has 1 heterocycles. The molecule has 1 aliphatic carbocycles. The van der Waals surface area contributed by atoms with Gasteiger partial charge in [-0.3, -0.25) is 0 Å². The van der Waals surface area contributed by atoms with Crippen LogP contribution >= 0.6 is 0 Å². The lowest BCUT2D eigenvalue weighted by Crippen LogP contribution is -2.54. The summed E-state index contributed by atoms with van der Waals surface area (Å²) in [6.07, 6.45) is 8.30. The van der Waals surface area contributed by atoms with Crippen molar-refractivity contribution in [2.45, 2.75) is 96.4 Å². The first-order valence-corrected chi connectivity index (χ1v) is 15.1. The van der Waals surface area contributed by atoms with Crippen LogP contribution in [0.4, 0.5) is 11.4 Å². The summed E-state index contributed by atoms with van der Waals surface area (Å²) in [4.78, 5) is 4.90. The highest BCUT2D eigenvalue weighted by Gasteiger charge is 2.33. The first-order chi connectivity index (χ1) is 15.9. The Morgan fingerprint density at radius 3 is 2.24 bits per heavy atom. The lowest BCUT2D eigenvalue weighted by molar-refractivity contribution is 0.273. The number of piperazine rings is 1. The second kappa shape index (κ2) is 11.6. The number of hydrogen-bond acceptors (Lipinski definition) is 5. The van der Waals surface area contributed by atoms with Gasteiger partial charge < -0.3 is 15.1 Å². The summed E-state index contributed by atoms with van der Waals surface area (Å²) in [5.41, 5.74) is 2.63. The van der Waals surface area contributed by atoms with Gasteiger partial charge in [0.05, 0.1) is 10.5 Å². The molecule has 2 aliphatic rings. The van der Waals surface area contributed by atoms with E-state index in [4.69, 9.17) is 0 Å². The average Bonchev–Trinajstić information content (AvgIpc) is 2.76. The topological polar surface area (TPSA) is 52.7 Å². The molecule has 6 heteroatoms. The molecular weight excluding hydrogens is 442 g/mol. The quantitative estimate of drug-likeness (QED) is 0.462. The molecule has 3 rings (SSSR count). The lowest BCUT2D eigenvalue weighted by Gasteiger charge is -2.38. The molecule has 5 nitrogen and oxygen atoms in total. The number of anilines is 2. The number of nitrogens with zero attached hydrogens (tertiary/aromatic N) is 2. The molecule has 2 atom stereocenters. The van der Waals surface area contributed by atoms with Gasteiger partial charge in [0, 0.05) is 50.1 Å². The highest BCUT2D eigenvalue weighted by molar-refractivity contribution is 7.92. The smallest absolute Gasteiger partial charge is 0.155 e. The molecule has 2 unspecified atom stereocenters. The maximum Gasteiger partial charge on any atom is 0.155 e. The van der Waals surface area contributed by atoms with Crippen molar-refractivity contribution >= 4 is 21.2 Å². The zero-order valence-corrected chi connectivity index (χ0v) is 23.3. The third-order valence-electron chi connectivity index (χ3n) is 7.90. The summed E-state index contributed by atoms with van der Waals surface area (Å²) in [6, 6.07) is 10.0. The largest absolute Gasteiger partial charge is 0.375 e. The first-order valence-electron chi connectivity index (χ1n) is 13.5. The number of unbranched alkanes of at least 4 members (excludes halogenated alkanes) is 1. The molecule has 194 valence electrons. The lowest BCUT2D eigenvalue weighted by atomic mass is 9.80. The van der Waals surface area contributed by atoms with Crippen molar-refractivity contribution in [1.29, 1.82) is 0 Å². The molecule has 0 aromatic heterocycles. The van der Waals surface area contributed by atoms with Gasteiger partial charge in [0.1, 0.15) is 0 Å². The number of hydrogen-bond donors (Lipinski definition) is 1. The van der Waals surface area contributed by atoms with E-state index in [2.05, 4.69) is 60.3 Å². The van der Waals surface area contributed by atoms with E-state index in [0.717, 1.165) is 38.4 Å². The zero-order valence-electron chi connectivity index (χ0n) is 22.5. The van der Waals surface area contributed by atoms with Crippen LogP contribution in [0.25, 0.3) is 0 Å². The van der Waals surface area contributed by atoms with Gasteiger partial charge in [-0.15, -0.1) is 0 Å². The SMILES string of the molecule is CC1CN(c2cccc(N(C)CCCCC3CCC(CS(=O)(=O)C(C)(C)C)CC3)c2)CC(C)N1. The molecule has 1 aliphatic heterocycles. The minimum atomic E-state index is -3.00. The second-order valence-electron chi connectivity index (χ2n) is 12.1. The summed E-state index contributed by atoms with van der Waals surface area (Å²) in [5, 5.41) is 3.62. The molecule has 0 amide bonds. The fraction of sp³-hybridized carbons (Fsp3) is 0.786. The van der Waals surface area contributed by atoms with Crippen molar-refractivity contribution in [3.05, 3.63) is 24.3 Å². The number of nitrogens with one attached hydrogen (secondary N) is 1. The van der Waals surface area contributed by atoms with Crippen LogP contribution in [0.5, 0.6) is 0 Å². The van der Waals surface area contributed by atoms with Crippen LogP contribution in [-0.2, 0) is 9.84 Å². The maximum atomic E-state index is 12.5. The van der Waals surface area contributed by atoms with E-state index in [0.29, 0.717) is 23.8 Å². The fourth-order valence-corrected chi connectivity index (χ4v) is 7.08. The normalized spacial score (nSPS) is 26.5. The highest BCUT2D eigenvalue weighted by atomic mass is 32.2. The molecule has 2 fully saturated rings. The molecule has 1 N–H and O–H groups in total. The van der Waals surface area contributed by atoms with Crippen molar-refractivity contribution < 1.29 is 8.42 Å². The van der Waals surface area contributed by atoms with E-state index >= 15 is 0 Å². The molecule has 1 aromatic rings. The van der Waals surface area contributed by atoms with Crippen LogP contribution < -0.4 is 15.1 Å². The van der Waals surface area contributed by atoms with E-state index in [9.17, 15) is 8.42 Å². The minimum Gasteiger partial charge on any atom is -0.375 e. The molecule has 1 saturated carbocycles. The predicted molar refractivity (Wildman–Crippen MR) is 147 cm³/mol. The minimum absolute atomic E-state index is 0.362. The van der Waals surface area contributed by atoms with Gasteiger partial charge in [-0.2, -0.15) is 0 Å². The molecule has 0 spiro atoms. The van der Waals surface area contributed by atoms with Gasteiger partial charge in [0.25, 0.3) is 0 Å². The van der Waals surface area contributed by atoms with Gasteiger partial charge in [-0.25, -0.2) is 8.42 Å². The summed E-state index contributed by atoms with van der Waals surface area (Å²) in [5.74, 6) is 1.51. The van der Waals surface area contributed by atoms with E-state index in [1.54, 1.807) is 0 Å². The van der Waals surface area contributed by atoms with Gasteiger partial charge in [-0.05, 0) is 83.9 Å². The van der Waals surface area contributed by atoms with Gasteiger partial charge >= 0.3 is 0 Å². The Kier molecular flexibility index (Phi) is 9.36. The van der Waals surface area contributed by atoms with Gasteiger partial charge in [-0.1, -0.05) is 31.7 Å². The van der Waals surface area contributed by atoms with E-state index in [1.807, 2.05) is 20.8 Å². The maximum absolute atomic E-state index is 12.5. The van der Waals surface area contributed by atoms with Gasteiger partial charge in [0.2, 0.25) is 0 Å². The van der Waals surface area contributed by atoms with E-state index in [1.165, 1.54) is 43.5 Å². The number of benzene rings is 1. The monoisotopic (exact) mass is 491 g/mol. The number of rotatable bonds is 9. The Hall–Kier alpha value is -1.27. The highest BCUT2D eigenvalue weighted by Crippen LogP contribution is 2.34. The fourth-order valence-electron chi connectivity index (χ4n) is 5.62. The van der Waals surface area contributed by atoms with Crippen molar-refractivity contribution in [3.63, 3.8) is 0 Å². The summed E-state index contributed by atoms with van der Waals surface area (Å²) < 4.78 is 24.4. The predicted octanol–water partition coefficient (Wildman–Crippen LogP) is 5.50. The van der Waals surface area contributed by atoms with E-state index < -0.39 is 14.6 Å². The van der Waals surface area contributed by atoms with Crippen LogP contribution in [0.2, 0.25) is 0 Å². The Bertz CT molecular complexity index is 862. The Labute approximate surface area is 209 Å². The first kappa shape index (κ1) is 27.3. The van der Waals surface area contributed by atoms with Crippen molar-refractivity contribution in [3.8, 4) is 0 Å². The third kappa shape index (κ3) is 7.61. The zero-order chi connectivity index (χ0) is 24.9. The van der Waals surface area contributed by atoms with Crippen molar-refractivity contribution in [2.24, 2.45) is 11.8 Å². The van der Waals surface area contributed by atoms with Crippen LogP contribution in [0.3, 0.4) is 0 Å². The van der Waals surface area contributed by atoms with Crippen LogP contribution in [0, 0.1) is 11.8 Å². The average molecular weight is 492 g/mol. The third-order valence-corrected chi connectivity index (χ3v) is 10.7. The Morgan fingerprint density at radius 2 is 1.62 bits per heavy atom. The van der Waals surface area contributed by atoms with Gasteiger partial charge in [0.15, 0.2) is 9.84 Å². The van der Waals surface area contributed by atoms with Crippen molar-refractivity contribution in [2.75, 3.05) is 42.2 Å². The molecule has 1 aromatic carbocycles. The number of sulfone groups is 1. The summed E-state index contributed by atoms with van der Waals surface area (Å²) in [6.45, 7) is 13.2. The second-order valence-corrected chi connectivity index (χ2v) is 14.9. The van der Waals surface area contributed by atoms with Crippen LogP contribution in [0.15, 0.2) is 24.3 Å². The Balaban J connectivity index is 1.38. The summed E-state index contributed by atoms with van der Waals surface area (Å²) >= 11 is 0. The molecule has 1 saturated heterocycles. The van der Waals surface area contributed by atoms with Crippen LogP contribution in [0.1, 0.15) is 79.6 Å². The molecular formula is C28H49N3O2S. The summed E-state index contributed by atoms with van der Waals surface area (Å²) in [7, 11) is -0.788. The molecule has 0 bridgehead atoms. The van der Waals surface area contributed by atoms with E-state index in [-0.39, 0.29) is 0 Å². The van der Waals surface area contributed by atoms with Crippen LogP contribution in [-0.4, -0.2) is 57.7 Å². The molecule has 34 heavy (non-hydrogen) atoms. The standard InChI is InChI=1S/C28H49N3O2S/c1-22-19-31(20-23(2)29-22)27-12-9-11-26(18-27)30(6)17-8-7-10-24-13-15-25(16-14-24)21-34(32,33)28(3,4)5/h9,11-12,18,22-25,29H,7-8,10,13-17,19-21H2,1-6H3.